The van der Waals surface area contributed by atoms with E-state index in [0.29, 0.717) is 47.8 Å². The van der Waals surface area contributed by atoms with Gasteiger partial charge < -0.3 is 25.2 Å². The molecule has 3 aromatic rings. The van der Waals surface area contributed by atoms with E-state index < -0.39 is 37.9 Å². The maximum atomic E-state index is 14.0. The first-order valence-corrected chi connectivity index (χ1v) is 17.5. The Bertz CT molecular complexity index is 1710. The predicted octanol–water partition coefficient (Wildman–Crippen LogP) is 4.54. The van der Waals surface area contributed by atoms with Crippen LogP contribution in [0.1, 0.15) is 61.1 Å². The summed E-state index contributed by atoms with van der Waals surface area (Å²) in [6.45, 7) is 6.95. The summed E-state index contributed by atoms with van der Waals surface area (Å²) in [5, 5.41) is 13.9. The Morgan fingerprint density at radius 1 is 1.06 bits per heavy atom. The van der Waals surface area contributed by atoms with Crippen LogP contribution < -0.4 is 15.5 Å². The highest BCUT2D eigenvalue weighted by Gasteiger charge is 2.41. The third kappa shape index (κ3) is 7.01. The topological polar surface area (TPSA) is 123 Å². The van der Waals surface area contributed by atoms with Gasteiger partial charge in [-0.3, -0.25) is 9.89 Å². The molecule has 3 N–H and O–H groups in total. The smallest absolute Gasteiger partial charge is 0.258 e. The molecule has 0 aliphatic carbocycles. The van der Waals surface area contributed by atoms with Gasteiger partial charge in [0.2, 0.25) is 10.0 Å². The number of carbonyl (C=O) groups is 1. The summed E-state index contributed by atoms with van der Waals surface area (Å²) in [5.74, 6) is -2.16. The van der Waals surface area contributed by atoms with Crippen molar-refractivity contribution in [3.63, 3.8) is 0 Å². The normalized spacial score (nSPS) is 19.7. The number of piperidine rings is 1. The second kappa shape index (κ2) is 13.1. The summed E-state index contributed by atoms with van der Waals surface area (Å²) in [7, 11) is -0.0390. The maximum Gasteiger partial charge on any atom is 0.258 e. The van der Waals surface area contributed by atoms with Crippen LogP contribution >= 0.6 is 0 Å². The van der Waals surface area contributed by atoms with Crippen molar-refractivity contribution >= 4 is 33.1 Å². The fourth-order valence-corrected chi connectivity index (χ4v) is 8.44. The van der Waals surface area contributed by atoms with Crippen molar-refractivity contribution in [3.05, 3.63) is 64.9 Å². The van der Waals surface area contributed by atoms with Crippen LogP contribution in [0.2, 0.25) is 0 Å². The molecular formula is C33H43F2N7O4S. The first-order chi connectivity index (χ1) is 22.3. The van der Waals surface area contributed by atoms with Gasteiger partial charge in [0.25, 0.3) is 5.91 Å². The van der Waals surface area contributed by atoms with Crippen LogP contribution in [-0.2, 0) is 26.7 Å². The zero-order valence-corrected chi connectivity index (χ0v) is 28.1. The number of aromatic amines is 1. The van der Waals surface area contributed by atoms with Crippen molar-refractivity contribution in [1.29, 1.82) is 0 Å². The van der Waals surface area contributed by atoms with Crippen molar-refractivity contribution in [2.45, 2.75) is 68.5 Å². The molecular weight excluding hydrogens is 628 g/mol. The highest BCUT2D eigenvalue weighted by Crippen LogP contribution is 2.38. The molecule has 2 saturated heterocycles. The standard InChI is InChI=1S/C33H43F2N7O4S/c1-33(2)20-42(47(44,45)26-16-21(34)15-22(35)17-26)19-28-30(33)38-39-31(28)37-32(43)27-6-5-25(41(4)24-7-11-40(3)12-8-24)18-29(27)36-23-9-13-46-14-10-23/h5-6,15-18,23-24,36H,7-14,19-20H2,1-4H3,(H2,37,38,39,43). The fourth-order valence-electron chi connectivity index (χ4n) is 6.83. The van der Waals surface area contributed by atoms with Crippen molar-refractivity contribution in [1.82, 2.24) is 19.4 Å². The number of nitrogens with zero attached hydrogens (tertiary/aromatic N) is 4. The molecule has 0 radical (unpaired) electrons. The molecule has 4 heterocycles. The number of hydrogen-bond donors (Lipinski definition) is 3. The van der Waals surface area contributed by atoms with Crippen LogP contribution in [0.15, 0.2) is 41.3 Å². The average molecular weight is 672 g/mol. The first kappa shape index (κ1) is 33.3. The lowest BCUT2D eigenvalue weighted by Crippen LogP contribution is -2.45. The van der Waals surface area contributed by atoms with Crippen LogP contribution in [0.25, 0.3) is 0 Å². The number of carbonyl (C=O) groups excluding carboxylic acids is 1. The number of hydrogen-bond acceptors (Lipinski definition) is 8. The molecule has 2 aromatic carbocycles. The van der Waals surface area contributed by atoms with Crippen LogP contribution in [0.5, 0.6) is 0 Å². The number of nitrogens with one attached hydrogen (secondary N) is 3. The van der Waals surface area contributed by atoms with Crippen molar-refractivity contribution < 1.29 is 26.7 Å². The average Bonchev–Trinajstić information content (AvgIpc) is 3.44. The number of benzene rings is 2. The molecule has 3 aliphatic heterocycles. The van der Waals surface area contributed by atoms with Gasteiger partial charge in [-0.1, -0.05) is 13.8 Å². The zero-order chi connectivity index (χ0) is 33.5. The van der Waals surface area contributed by atoms with E-state index >= 15 is 0 Å². The van der Waals surface area contributed by atoms with E-state index in [2.05, 4.69) is 44.7 Å². The monoisotopic (exact) mass is 671 g/mol. The maximum absolute atomic E-state index is 14.0. The summed E-state index contributed by atoms with van der Waals surface area (Å²) in [6, 6.07) is 8.57. The number of fused-ring (bicyclic) bond motifs is 1. The molecule has 0 bridgehead atoms. The molecule has 2 fully saturated rings. The van der Waals surface area contributed by atoms with Crippen LogP contribution in [0.4, 0.5) is 26.0 Å². The third-order valence-corrected chi connectivity index (χ3v) is 11.4. The van der Waals surface area contributed by atoms with Gasteiger partial charge in [-0.25, -0.2) is 17.2 Å². The molecule has 1 aromatic heterocycles. The summed E-state index contributed by atoms with van der Waals surface area (Å²) in [6.07, 6.45) is 3.74. The van der Waals surface area contributed by atoms with E-state index in [1.807, 2.05) is 32.0 Å². The molecule has 6 rings (SSSR count). The quantitative estimate of drug-likeness (QED) is 0.319. The van der Waals surface area contributed by atoms with E-state index in [-0.39, 0.29) is 24.9 Å². The minimum Gasteiger partial charge on any atom is -0.381 e. The van der Waals surface area contributed by atoms with Gasteiger partial charge >= 0.3 is 0 Å². The molecule has 0 atom stereocenters. The number of sulfonamides is 1. The number of H-pyrrole nitrogens is 1. The summed E-state index contributed by atoms with van der Waals surface area (Å²) >= 11 is 0. The van der Waals surface area contributed by atoms with Gasteiger partial charge in [0.15, 0.2) is 5.82 Å². The van der Waals surface area contributed by atoms with E-state index in [1.54, 1.807) is 0 Å². The number of anilines is 3. The molecule has 0 saturated carbocycles. The van der Waals surface area contributed by atoms with E-state index in [1.165, 1.54) is 4.31 Å². The number of ether oxygens (including phenoxy) is 1. The van der Waals surface area contributed by atoms with Crippen LogP contribution in [0, 0.1) is 11.6 Å². The first-order valence-electron chi connectivity index (χ1n) is 16.1. The summed E-state index contributed by atoms with van der Waals surface area (Å²) in [5.41, 5.74) is 2.59. The Labute approximate surface area is 274 Å². The van der Waals surface area contributed by atoms with Gasteiger partial charge in [-0.2, -0.15) is 9.40 Å². The van der Waals surface area contributed by atoms with Crippen molar-refractivity contribution in [3.8, 4) is 0 Å². The van der Waals surface area contributed by atoms with Gasteiger partial charge in [0.05, 0.1) is 10.5 Å². The molecule has 254 valence electrons. The highest BCUT2D eigenvalue weighted by molar-refractivity contribution is 7.89. The number of likely N-dealkylation sites (tertiary alicyclic amines) is 1. The minimum atomic E-state index is -4.27. The lowest BCUT2D eigenvalue weighted by Gasteiger charge is -2.37. The molecule has 47 heavy (non-hydrogen) atoms. The van der Waals surface area contributed by atoms with Crippen molar-refractivity contribution in [2.24, 2.45) is 0 Å². The Kier molecular flexibility index (Phi) is 9.31. The van der Waals surface area contributed by atoms with Gasteiger partial charge in [0, 0.05) is 79.5 Å². The number of amides is 1. The third-order valence-electron chi connectivity index (χ3n) is 9.63. The second-order valence-corrected chi connectivity index (χ2v) is 15.5. The second-order valence-electron chi connectivity index (χ2n) is 13.5. The van der Waals surface area contributed by atoms with Gasteiger partial charge in [0.1, 0.15) is 11.6 Å². The Morgan fingerprint density at radius 2 is 1.74 bits per heavy atom. The predicted molar refractivity (Wildman–Crippen MR) is 176 cm³/mol. The largest absolute Gasteiger partial charge is 0.381 e. The Balaban J connectivity index is 1.28. The molecule has 3 aliphatic rings. The SMILES string of the molecule is CN1CCC(N(C)c2ccc(C(=O)Nc3n[nH]c4c3CN(S(=O)(=O)c3cc(F)cc(F)c3)CC4(C)C)c(NC3CCOCC3)c2)CC1. The summed E-state index contributed by atoms with van der Waals surface area (Å²) in [4.78, 5) is 18.1. The Morgan fingerprint density at radius 3 is 2.43 bits per heavy atom. The van der Waals surface area contributed by atoms with E-state index in [9.17, 15) is 22.0 Å². The minimum absolute atomic E-state index is 0.0431. The zero-order valence-electron chi connectivity index (χ0n) is 27.3. The number of rotatable bonds is 8. The van der Waals surface area contributed by atoms with Gasteiger partial charge in [-0.15, -0.1) is 0 Å². The lowest BCUT2D eigenvalue weighted by molar-refractivity contribution is 0.0904. The van der Waals surface area contributed by atoms with Gasteiger partial charge in [-0.05, 0) is 76.2 Å². The van der Waals surface area contributed by atoms with Crippen molar-refractivity contribution in [2.75, 3.05) is 62.5 Å². The molecule has 1 amide bonds. The number of halogens is 2. The molecule has 11 nitrogen and oxygen atoms in total. The number of aromatic nitrogens is 2. The molecule has 0 unspecified atom stereocenters. The fraction of sp³-hybridized carbons (Fsp3) is 0.515. The van der Waals surface area contributed by atoms with Crippen LogP contribution in [0.3, 0.4) is 0 Å². The van der Waals surface area contributed by atoms with Crippen LogP contribution in [-0.4, -0.2) is 92.8 Å². The lowest BCUT2D eigenvalue weighted by atomic mass is 9.84. The Hall–Kier alpha value is -3.59. The van der Waals surface area contributed by atoms with E-state index in [0.717, 1.165) is 56.6 Å². The molecule has 14 heteroatoms. The van der Waals surface area contributed by atoms with E-state index in [4.69, 9.17) is 4.74 Å². The highest BCUT2D eigenvalue weighted by atomic mass is 32.2. The molecule has 0 spiro atoms. The summed E-state index contributed by atoms with van der Waals surface area (Å²) < 4.78 is 61.8.